The van der Waals surface area contributed by atoms with Gasteiger partial charge >= 0.3 is 0 Å². The number of hydrogen-bond acceptors (Lipinski definition) is 3. The van der Waals surface area contributed by atoms with Crippen molar-refractivity contribution in [1.82, 2.24) is 4.98 Å². The molecule has 0 aliphatic heterocycles. The Morgan fingerprint density at radius 1 is 1.13 bits per heavy atom. The summed E-state index contributed by atoms with van der Waals surface area (Å²) >= 11 is 0. The predicted octanol–water partition coefficient (Wildman–Crippen LogP) is 2.13. The summed E-state index contributed by atoms with van der Waals surface area (Å²) in [6.07, 6.45) is 6.20. The smallest absolute Gasteiger partial charge is 0.0270 e. The van der Waals surface area contributed by atoms with Gasteiger partial charge in [-0.2, -0.15) is 0 Å². The van der Waals surface area contributed by atoms with Gasteiger partial charge < -0.3 is 0 Å². The molecule has 0 aliphatic carbocycles. The van der Waals surface area contributed by atoms with Crippen LogP contribution in [0.5, 0.6) is 0 Å². The quantitative estimate of drug-likeness (QED) is 0.589. The summed E-state index contributed by atoms with van der Waals surface area (Å²) < 4.78 is 0. The van der Waals surface area contributed by atoms with Crippen molar-refractivity contribution in [1.29, 1.82) is 0 Å². The first-order chi connectivity index (χ1) is 7.20. The highest BCUT2D eigenvalue weighted by atomic mass is 15.0. The minimum atomic E-state index is 0.793. The third-order valence-corrected chi connectivity index (χ3v) is 2.78. The molecule has 0 fully saturated rings. The highest BCUT2D eigenvalue weighted by Crippen LogP contribution is 2.16. The molecular weight excluding hydrogens is 186 g/mol. The molecule has 1 rings (SSSR count). The summed E-state index contributed by atoms with van der Waals surface area (Å²) in [5, 5.41) is 0. The zero-order valence-corrected chi connectivity index (χ0v) is 9.98. The Kier molecular flexibility index (Phi) is 7.86. The molecule has 0 bridgehead atoms. The molecule has 3 nitrogen and oxygen atoms in total. The Morgan fingerprint density at radius 3 is 2.13 bits per heavy atom. The van der Waals surface area contributed by atoms with E-state index in [0.717, 1.165) is 11.8 Å². The summed E-state index contributed by atoms with van der Waals surface area (Å²) in [6, 6.07) is 4.21. The largest absolute Gasteiger partial charge is 0.274 e. The maximum Gasteiger partial charge on any atom is 0.0270 e. The average molecular weight is 209 g/mol. The number of pyridine rings is 1. The van der Waals surface area contributed by atoms with Crippen LogP contribution in [-0.2, 0) is 6.42 Å². The van der Waals surface area contributed by atoms with E-state index in [1.807, 2.05) is 12.4 Å². The minimum Gasteiger partial charge on any atom is -0.274 e. The fourth-order valence-electron chi connectivity index (χ4n) is 1.28. The van der Waals surface area contributed by atoms with E-state index in [1.54, 1.807) is 0 Å². The molecular formula is C12H23N3. The van der Waals surface area contributed by atoms with Crippen molar-refractivity contribution in [3.63, 3.8) is 0 Å². The van der Waals surface area contributed by atoms with Gasteiger partial charge in [0.15, 0.2) is 0 Å². The first kappa shape index (κ1) is 14.1. The van der Waals surface area contributed by atoms with Gasteiger partial charge in [0.05, 0.1) is 0 Å². The third-order valence-electron chi connectivity index (χ3n) is 2.78. The van der Waals surface area contributed by atoms with Crippen LogP contribution >= 0.6 is 0 Å². The molecule has 0 saturated heterocycles. The first-order valence-corrected chi connectivity index (χ1v) is 5.42. The summed E-state index contributed by atoms with van der Waals surface area (Å²) in [6.45, 7) is 6.90. The second-order valence-corrected chi connectivity index (χ2v) is 4.12. The van der Waals surface area contributed by atoms with Crippen molar-refractivity contribution in [3.05, 3.63) is 30.1 Å². The fraction of sp³-hybridized carbons (Fsp3) is 0.583. The maximum atomic E-state index is 4.01. The molecule has 86 valence electrons. The molecule has 1 aromatic rings. The highest BCUT2D eigenvalue weighted by Gasteiger charge is 2.06. The van der Waals surface area contributed by atoms with E-state index < -0.39 is 0 Å². The number of hydrogen-bond donors (Lipinski definition) is 2. The SMILES string of the molecule is CC(C)C(C)CCc1ccncc1.NN. The van der Waals surface area contributed by atoms with Crippen molar-refractivity contribution >= 4 is 0 Å². The van der Waals surface area contributed by atoms with E-state index in [9.17, 15) is 0 Å². The number of nitrogens with two attached hydrogens (primary N) is 2. The average Bonchev–Trinajstić information content (AvgIpc) is 2.30. The van der Waals surface area contributed by atoms with Gasteiger partial charge in [0.1, 0.15) is 0 Å². The summed E-state index contributed by atoms with van der Waals surface area (Å²) in [5.74, 6) is 9.61. The molecule has 0 aromatic carbocycles. The molecule has 1 heterocycles. The van der Waals surface area contributed by atoms with E-state index >= 15 is 0 Å². The van der Waals surface area contributed by atoms with Crippen LogP contribution in [0.15, 0.2) is 24.5 Å². The lowest BCUT2D eigenvalue weighted by Gasteiger charge is -2.14. The monoisotopic (exact) mass is 209 g/mol. The first-order valence-electron chi connectivity index (χ1n) is 5.42. The zero-order chi connectivity index (χ0) is 11.7. The molecule has 3 heteroatoms. The Hall–Kier alpha value is -0.930. The summed E-state index contributed by atoms with van der Waals surface area (Å²) in [4.78, 5) is 4.01. The third kappa shape index (κ3) is 6.20. The van der Waals surface area contributed by atoms with Crippen LogP contribution in [-0.4, -0.2) is 4.98 Å². The van der Waals surface area contributed by atoms with Crippen LogP contribution in [0.2, 0.25) is 0 Å². The molecule has 0 aliphatic rings. The normalized spacial score (nSPS) is 11.9. The maximum absolute atomic E-state index is 4.01. The number of aryl methyl sites for hydroxylation is 1. The van der Waals surface area contributed by atoms with Crippen LogP contribution in [0.1, 0.15) is 32.8 Å². The minimum absolute atomic E-state index is 0.793. The van der Waals surface area contributed by atoms with Gasteiger partial charge in [0.2, 0.25) is 0 Å². The van der Waals surface area contributed by atoms with Crippen molar-refractivity contribution in [2.75, 3.05) is 0 Å². The van der Waals surface area contributed by atoms with Gasteiger partial charge in [0, 0.05) is 12.4 Å². The van der Waals surface area contributed by atoms with Crippen molar-refractivity contribution in [2.24, 2.45) is 23.5 Å². The molecule has 0 radical (unpaired) electrons. The van der Waals surface area contributed by atoms with Crippen LogP contribution in [0.4, 0.5) is 0 Å². The lowest BCUT2D eigenvalue weighted by Crippen LogP contribution is -2.05. The van der Waals surface area contributed by atoms with Gasteiger partial charge in [0.25, 0.3) is 0 Å². The molecule has 4 N–H and O–H groups in total. The molecule has 1 unspecified atom stereocenters. The highest BCUT2D eigenvalue weighted by molar-refractivity contribution is 5.09. The van der Waals surface area contributed by atoms with Crippen molar-refractivity contribution < 1.29 is 0 Å². The molecule has 1 aromatic heterocycles. The number of aromatic nitrogens is 1. The lowest BCUT2D eigenvalue weighted by atomic mass is 9.92. The number of rotatable bonds is 4. The second kappa shape index (κ2) is 8.38. The van der Waals surface area contributed by atoms with Gasteiger partial charge in [-0.15, -0.1) is 0 Å². The number of nitrogens with zero attached hydrogens (tertiary/aromatic N) is 1. The molecule has 15 heavy (non-hydrogen) atoms. The van der Waals surface area contributed by atoms with Crippen LogP contribution in [0, 0.1) is 11.8 Å². The molecule has 1 atom stereocenters. The fourth-order valence-corrected chi connectivity index (χ4v) is 1.28. The lowest BCUT2D eigenvalue weighted by molar-refractivity contribution is 0.392. The Morgan fingerprint density at radius 2 is 1.67 bits per heavy atom. The Bertz CT molecular complexity index is 234. The van der Waals surface area contributed by atoms with E-state index in [2.05, 4.69) is 49.6 Å². The van der Waals surface area contributed by atoms with E-state index in [-0.39, 0.29) is 0 Å². The topological polar surface area (TPSA) is 64.9 Å². The standard InChI is InChI=1S/C12H19N.H4N2/c1-10(2)11(3)4-5-12-6-8-13-9-7-12;1-2/h6-11H,4-5H2,1-3H3;1-2H2. The number of hydrazine groups is 1. The van der Waals surface area contributed by atoms with Crippen LogP contribution in [0.25, 0.3) is 0 Å². The predicted molar refractivity (Wildman–Crippen MR) is 64.9 cm³/mol. The molecule has 0 amide bonds. The van der Waals surface area contributed by atoms with Gasteiger partial charge in [-0.05, 0) is 42.4 Å². The van der Waals surface area contributed by atoms with Crippen LogP contribution in [0.3, 0.4) is 0 Å². The summed E-state index contributed by atoms with van der Waals surface area (Å²) in [7, 11) is 0. The zero-order valence-electron chi connectivity index (χ0n) is 9.98. The Labute approximate surface area is 92.9 Å². The van der Waals surface area contributed by atoms with Crippen molar-refractivity contribution in [2.45, 2.75) is 33.6 Å². The van der Waals surface area contributed by atoms with Gasteiger partial charge in [-0.1, -0.05) is 20.8 Å². The van der Waals surface area contributed by atoms with E-state index in [0.29, 0.717) is 0 Å². The van der Waals surface area contributed by atoms with Crippen molar-refractivity contribution in [3.8, 4) is 0 Å². The molecule has 0 spiro atoms. The van der Waals surface area contributed by atoms with E-state index in [4.69, 9.17) is 0 Å². The van der Waals surface area contributed by atoms with Gasteiger partial charge in [-0.3, -0.25) is 16.7 Å². The van der Waals surface area contributed by atoms with E-state index in [1.165, 1.54) is 18.4 Å². The van der Waals surface area contributed by atoms with Crippen LogP contribution < -0.4 is 11.7 Å². The second-order valence-electron chi connectivity index (χ2n) is 4.12. The Balaban J connectivity index is 0.000000921. The van der Waals surface area contributed by atoms with Gasteiger partial charge in [-0.25, -0.2) is 0 Å². The summed E-state index contributed by atoms with van der Waals surface area (Å²) in [5.41, 5.74) is 1.41. The molecule has 0 saturated carbocycles.